The summed E-state index contributed by atoms with van der Waals surface area (Å²) in [7, 11) is 3.17. The predicted molar refractivity (Wildman–Crippen MR) is 220 cm³/mol. The van der Waals surface area contributed by atoms with Gasteiger partial charge in [-0.3, -0.25) is 9.59 Å². The van der Waals surface area contributed by atoms with E-state index in [1.165, 1.54) is 0 Å². The monoisotopic (exact) mass is 749 g/mol. The molecule has 286 valence electrons. The first-order valence-electron chi connectivity index (χ1n) is 18.7. The second-order valence-corrected chi connectivity index (χ2v) is 14.3. The Labute approximate surface area is 326 Å². The molecule has 0 atom stereocenters. The Bertz CT molecular complexity index is 2130. The highest BCUT2D eigenvalue weighted by Gasteiger charge is 2.33. The van der Waals surface area contributed by atoms with Gasteiger partial charge in [0.25, 0.3) is 0 Å². The molecule has 11 heteroatoms. The minimum atomic E-state index is -0.408. The fraction of sp³-hybridized carbons (Fsp3) is 0.222. The Kier molecular flexibility index (Phi) is 10.9. The van der Waals surface area contributed by atoms with Crippen LogP contribution in [0, 0.1) is 0 Å². The van der Waals surface area contributed by atoms with Crippen LogP contribution in [0.25, 0.3) is 22.5 Å². The number of benzene rings is 2. The maximum atomic E-state index is 13.5. The predicted octanol–water partition coefficient (Wildman–Crippen LogP) is 9.20. The number of rotatable bonds is 16. The van der Waals surface area contributed by atoms with E-state index in [1.807, 2.05) is 128 Å². The van der Waals surface area contributed by atoms with E-state index in [-0.39, 0.29) is 24.7 Å². The number of aromatic amines is 4. The number of amides is 2. The molecule has 0 fully saturated rings. The highest BCUT2D eigenvalue weighted by Crippen LogP contribution is 2.41. The molecule has 5 aromatic heterocycles. The summed E-state index contributed by atoms with van der Waals surface area (Å²) in [5, 5.41) is 6.17. The van der Waals surface area contributed by atoms with E-state index in [4.69, 9.17) is 14.5 Å². The molecule has 6 N–H and O–H groups in total. The molecule has 0 saturated heterocycles. The molecule has 0 radical (unpaired) electrons. The molecule has 56 heavy (non-hydrogen) atoms. The minimum absolute atomic E-state index is 0.131. The lowest BCUT2D eigenvalue weighted by molar-refractivity contribution is -0.117. The zero-order valence-electron chi connectivity index (χ0n) is 32.0. The Morgan fingerprint density at radius 2 is 0.893 bits per heavy atom. The molecular formula is C45H47N7O4. The zero-order chi connectivity index (χ0) is 39.1. The van der Waals surface area contributed by atoms with Gasteiger partial charge in [-0.25, -0.2) is 4.98 Å². The van der Waals surface area contributed by atoms with E-state index in [0.29, 0.717) is 58.2 Å². The summed E-state index contributed by atoms with van der Waals surface area (Å²) in [5.74, 6) is 0.739. The Balaban J connectivity index is 1.08. The lowest BCUT2D eigenvalue weighted by Gasteiger charge is -2.28. The zero-order valence-corrected chi connectivity index (χ0v) is 32.0. The molecule has 0 aliphatic heterocycles. The van der Waals surface area contributed by atoms with Gasteiger partial charge in [-0.15, -0.1) is 0 Å². The molecule has 5 heterocycles. The number of nitrogens with zero attached hydrogens (tertiary/aromatic N) is 1. The van der Waals surface area contributed by atoms with Gasteiger partial charge in [-0.2, -0.15) is 0 Å². The van der Waals surface area contributed by atoms with Crippen molar-refractivity contribution in [3.63, 3.8) is 0 Å². The van der Waals surface area contributed by atoms with Crippen LogP contribution in [-0.2, 0) is 20.4 Å². The van der Waals surface area contributed by atoms with Crippen LogP contribution in [0.15, 0.2) is 128 Å². The van der Waals surface area contributed by atoms with Gasteiger partial charge in [-0.1, -0.05) is 18.2 Å². The van der Waals surface area contributed by atoms with Gasteiger partial charge in [-0.05, 0) is 112 Å². The molecule has 0 aliphatic carbocycles. The molecular weight excluding hydrogens is 703 g/mol. The van der Waals surface area contributed by atoms with Crippen LogP contribution in [0.1, 0.15) is 62.3 Å². The molecule has 2 aromatic carbocycles. The van der Waals surface area contributed by atoms with Crippen molar-refractivity contribution in [1.29, 1.82) is 0 Å². The van der Waals surface area contributed by atoms with Crippen LogP contribution in [0.3, 0.4) is 0 Å². The van der Waals surface area contributed by atoms with Crippen molar-refractivity contribution < 1.29 is 19.1 Å². The first-order chi connectivity index (χ1) is 27.2. The fourth-order valence-corrected chi connectivity index (χ4v) is 7.52. The number of para-hydroxylation sites is 2. The van der Waals surface area contributed by atoms with Crippen LogP contribution in [0.4, 0.5) is 11.4 Å². The summed E-state index contributed by atoms with van der Waals surface area (Å²) >= 11 is 0. The normalized spacial score (nSPS) is 11.6. The van der Waals surface area contributed by atoms with Crippen molar-refractivity contribution in [2.24, 2.45) is 0 Å². The number of carbonyl (C=O) groups excluding carboxylic acids is 2. The van der Waals surface area contributed by atoms with Gasteiger partial charge in [0.2, 0.25) is 11.8 Å². The van der Waals surface area contributed by atoms with Crippen molar-refractivity contribution in [2.45, 2.75) is 50.4 Å². The average molecular weight is 750 g/mol. The van der Waals surface area contributed by atoms with E-state index < -0.39 is 10.8 Å². The summed E-state index contributed by atoms with van der Waals surface area (Å²) in [6, 6.07) is 33.0. The highest BCUT2D eigenvalue weighted by atomic mass is 16.5. The lowest BCUT2D eigenvalue weighted by atomic mass is 9.79. The Morgan fingerprint density at radius 3 is 1.21 bits per heavy atom. The molecule has 0 saturated carbocycles. The number of carbonyl (C=O) groups is 2. The van der Waals surface area contributed by atoms with Gasteiger partial charge in [0, 0.05) is 82.4 Å². The molecule has 0 aliphatic rings. The van der Waals surface area contributed by atoms with Crippen LogP contribution >= 0.6 is 0 Å². The van der Waals surface area contributed by atoms with E-state index in [9.17, 15) is 9.59 Å². The van der Waals surface area contributed by atoms with E-state index in [0.717, 1.165) is 22.8 Å². The van der Waals surface area contributed by atoms with E-state index in [1.54, 1.807) is 14.2 Å². The second kappa shape index (κ2) is 16.3. The summed E-state index contributed by atoms with van der Waals surface area (Å²) < 4.78 is 11.8. The largest absolute Gasteiger partial charge is 0.494 e. The van der Waals surface area contributed by atoms with Crippen molar-refractivity contribution >= 4 is 23.2 Å². The molecule has 2 amide bonds. The third-order valence-electron chi connectivity index (χ3n) is 10.8. The summed E-state index contributed by atoms with van der Waals surface area (Å²) in [6.45, 7) is 4.26. The van der Waals surface area contributed by atoms with Crippen LogP contribution in [0.2, 0.25) is 0 Å². The fourth-order valence-electron chi connectivity index (χ4n) is 7.52. The average Bonchev–Trinajstić information content (AvgIpc) is 4.08. The van der Waals surface area contributed by atoms with Gasteiger partial charge < -0.3 is 40.0 Å². The molecule has 0 bridgehead atoms. The number of aromatic nitrogens is 5. The maximum Gasteiger partial charge on any atom is 0.224 e. The third-order valence-corrected chi connectivity index (χ3v) is 10.8. The summed E-state index contributed by atoms with van der Waals surface area (Å²) in [4.78, 5) is 45.3. The van der Waals surface area contributed by atoms with Gasteiger partial charge in [0.05, 0.1) is 37.0 Å². The van der Waals surface area contributed by atoms with Gasteiger partial charge in [0.1, 0.15) is 0 Å². The van der Waals surface area contributed by atoms with Crippen molar-refractivity contribution in [3.05, 3.63) is 151 Å². The third kappa shape index (κ3) is 7.61. The maximum absolute atomic E-state index is 13.5. The summed E-state index contributed by atoms with van der Waals surface area (Å²) in [6.07, 6.45) is 9.30. The molecule has 11 nitrogen and oxygen atoms in total. The van der Waals surface area contributed by atoms with Crippen LogP contribution in [-0.4, -0.2) is 51.0 Å². The molecule has 7 aromatic rings. The number of hydrogen-bond acceptors (Lipinski definition) is 5. The molecule has 7 rings (SSSR count). The molecule has 0 spiro atoms. The smallest absolute Gasteiger partial charge is 0.224 e. The SMILES string of the molecule is COc1c(NC(=O)CCC(C)(c2ccc[nH]2)c2ccc[nH]2)cccc1-c1cccc(-c2cccc(NC(=O)CCC(C)(c3ccc[nH]3)c3ccc[nH]3)c2OC)n1. The Hall–Kier alpha value is -6.75. The number of methoxy groups -OCH3 is 2. The standard InChI is InChI=1S/C45H47N7O4/c1-44(36-18-8-26-46-36,37-19-9-27-47-37)24-22-40(53)51-34-16-5-12-30(42(34)55-3)32-14-7-15-33(50-32)31-13-6-17-35(43(31)56-4)52-41(54)23-25-45(2,38-20-10-28-48-38)39-21-11-29-49-39/h5-21,26-29,46-49H,22-25H2,1-4H3,(H,51,53)(H,52,54). The topological polar surface area (TPSA) is 153 Å². The minimum Gasteiger partial charge on any atom is -0.494 e. The van der Waals surface area contributed by atoms with E-state index >= 15 is 0 Å². The van der Waals surface area contributed by atoms with Crippen molar-refractivity contribution in [3.8, 4) is 34.0 Å². The first kappa shape index (κ1) is 37.6. The highest BCUT2D eigenvalue weighted by molar-refractivity contribution is 5.95. The quantitative estimate of drug-likeness (QED) is 0.0582. The number of nitrogens with one attached hydrogen (secondary N) is 6. The van der Waals surface area contributed by atoms with E-state index in [2.05, 4.69) is 44.4 Å². The van der Waals surface area contributed by atoms with Gasteiger partial charge in [0.15, 0.2) is 11.5 Å². The Morgan fingerprint density at radius 1 is 0.536 bits per heavy atom. The number of ether oxygens (including phenoxy) is 2. The van der Waals surface area contributed by atoms with Crippen LogP contribution in [0.5, 0.6) is 11.5 Å². The second-order valence-electron chi connectivity index (χ2n) is 14.3. The number of anilines is 2. The lowest BCUT2D eigenvalue weighted by Crippen LogP contribution is -2.27. The molecule has 0 unspecified atom stereocenters. The number of pyridine rings is 1. The van der Waals surface area contributed by atoms with Gasteiger partial charge >= 0.3 is 0 Å². The number of H-pyrrole nitrogens is 4. The summed E-state index contributed by atoms with van der Waals surface area (Å²) in [5.41, 5.74) is 7.12. The van der Waals surface area contributed by atoms with Crippen molar-refractivity contribution in [2.75, 3.05) is 24.9 Å². The van der Waals surface area contributed by atoms with Crippen molar-refractivity contribution in [1.82, 2.24) is 24.9 Å². The van der Waals surface area contributed by atoms with Crippen LogP contribution < -0.4 is 20.1 Å². The first-order valence-corrected chi connectivity index (χ1v) is 18.7. The number of hydrogen-bond donors (Lipinski definition) is 6.